The van der Waals surface area contributed by atoms with E-state index in [1.165, 1.54) is 57.9 Å². The van der Waals surface area contributed by atoms with Crippen molar-refractivity contribution in [3.63, 3.8) is 0 Å². The summed E-state index contributed by atoms with van der Waals surface area (Å²) in [6.07, 6.45) is 12.5. The molecule has 0 aromatic heterocycles. The summed E-state index contributed by atoms with van der Waals surface area (Å²) < 4.78 is 0. The summed E-state index contributed by atoms with van der Waals surface area (Å²) in [5.74, 6) is 0. The molecule has 2 unspecified atom stereocenters. The van der Waals surface area contributed by atoms with E-state index in [1.807, 2.05) is 0 Å². The Hall–Kier alpha value is -0.0800. The van der Waals surface area contributed by atoms with Gasteiger partial charge in [-0.2, -0.15) is 0 Å². The highest BCUT2D eigenvalue weighted by atomic mass is 16.3. The summed E-state index contributed by atoms with van der Waals surface area (Å²) >= 11 is 0. The molecule has 0 spiro atoms. The lowest BCUT2D eigenvalue weighted by molar-refractivity contribution is -0.0178. The zero-order valence-corrected chi connectivity index (χ0v) is 11.5. The van der Waals surface area contributed by atoms with E-state index in [9.17, 15) is 5.11 Å². The fraction of sp³-hybridized carbons (Fsp3) is 1.00. The molecule has 1 N–H and O–H groups in total. The van der Waals surface area contributed by atoms with E-state index in [4.69, 9.17) is 0 Å². The van der Waals surface area contributed by atoms with Crippen molar-refractivity contribution in [2.75, 3.05) is 13.1 Å². The first kappa shape index (κ1) is 13.4. The number of hydrogen-bond donors (Lipinski definition) is 1. The molecule has 100 valence electrons. The number of rotatable bonds is 6. The first-order valence-corrected chi connectivity index (χ1v) is 7.73. The van der Waals surface area contributed by atoms with Gasteiger partial charge in [-0.1, -0.05) is 45.4 Å². The van der Waals surface area contributed by atoms with Crippen LogP contribution >= 0.6 is 0 Å². The van der Waals surface area contributed by atoms with E-state index in [0.29, 0.717) is 6.04 Å². The average Bonchev–Trinajstić information content (AvgIpc) is 2.68. The van der Waals surface area contributed by atoms with Crippen molar-refractivity contribution in [3.8, 4) is 0 Å². The maximum Gasteiger partial charge on any atom is 0.0814 e. The number of aliphatic hydroxyl groups is 1. The van der Waals surface area contributed by atoms with Crippen molar-refractivity contribution in [2.45, 2.75) is 82.8 Å². The van der Waals surface area contributed by atoms with Crippen LogP contribution in [0.4, 0.5) is 0 Å². The topological polar surface area (TPSA) is 23.5 Å². The van der Waals surface area contributed by atoms with Crippen LogP contribution in [0.15, 0.2) is 0 Å². The van der Waals surface area contributed by atoms with E-state index in [2.05, 4.69) is 11.8 Å². The average molecular weight is 239 g/mol. The van der Waals surface area contributed by atoms with Crippen LogP contribution in [0.5, 0.6) is 0 Å². The maximum absolute atomic E-state index is 10.8. The second-order valence-electron chi connectivity index (χ2n) is 6.07. The van der Waals surface area contributed by atoms with Gasteiger partial charge in [0.15, 0.2) is 0 Å². The van der Waals surface area contributed by atoms with Gasteiger partial charge < -0.3 is 5.11 Å². The monoisotopic (exact) mass is 239 g/mol. The van der Waals surface area contributed by atoms with Crippen LogP contribution in [0.25, 0.3) is 0 Å². The molecule has 0 radical (unpaired) electrons. The fourth-order valence-corrected chi connectivity index (χ4v) is 3.70. The van der Waals surface area contributed by atoms with E-state index < -0.39 is 0 Å². The van der Waals surface area contributed by atoms with Crippen molar-refractivity contribution in [2.24, 2.45) is 0 Å². The van der Waals surface area contributed by atoms with Crippen LogP contribution in [0, 0.1) is 0 Å². The highest BCUT2D eigenvalue weighted by Gasteiger charge is 2.45. The molecule has 2 heteroatoms. The molecule has 2 aliphatic rings. The minimum absolute atomic E-state index is 0.341. The summed E-state index contributed by atoms with van der Waals surface area (Å²) in [6, 6.07) is 0.488. The minimum Gasteiger partial charge on any atom is -0.388 e. The molecule has 0 amide bonds. The summed E-state index contributed by atoms with van der Waals surface area (Å²) in [4.78, 5) is 2.54. The second-order valence-corrected chi connectivity index (χ2v) is 6.07. The van der Waals surface area contributed by atoms with E-state index in [1.54, 1.807) is 0 Å². The lowest BCUT2D eigenvalue weighted by Crippen LogP contribution is -2.46. The number of nitrogens with zero attached hydrogens (tertiary/aromatic N) is 1. The number of unbranched alkanes of at least 4 members (excludes halogenated alkanes) is 4. The number of piperidine rings is 1. The van der Waals surface area contributed by atoms with Gasteiger partial charge in [0.2, 0.25) is 0 Å². The third kappa shape index (κ3) is 3.23. The SMILES string of the molecule is CCCCCCCC1(O)CCN2CCCCC21. The van der Waals surface area contributed by atoms with E-state index >= 15 is 0 Å². The molecule has 0 aliphatic carbocycles. The van der Waals surface area contributed by atoms with Gasteiger partial charge in [0.1, 0.15) is 0 Å². The maximum atomic E-state index is 10.8. The molecule has 17 heavy (non-hydrogen) atoms. The van der Waals surface area contributed by atoms with E-state index in [-0.39, 0.29) is 5.60 Å². The summed E-state index contributed by atoms with van der Waals surface area (Å²) in [5, 5.41) is 10.8. The van der Waals surface area contributed by atoms with Crippen LogP contribution in [0.1, 0.15) is 71.1 Å². The third-order valence-electron chi connectivity index (χ3n) is 4.78. The highest BCUT2D eigenvalue weighted by Crippen LogP contribution is 2.38. The van der Waals surface area contributed by atoms with Gasteiger partial charge in [0.25, 0.3) is 0 Å². The fourth-order valence-electron chi connectivity index (χ4n) is 3.70. The van der Waals surface area contributed by atoms with Gasteiger partial charge in [0, 0.05) is 12.6 Å². The van der Waals surface area contributed by atoms with Gasteiger partial charge in [0.05, 0.1) is 5.60 Å². The molecule has 2 aliphatic heterocycles. The lowest BCUT2D eigenvalue weighted by atomic mass is 9.84. The molecular weight excluding hydrogens is 210 g/mol. The van der Waals surface area contributed by atoms with Crippen LogP contribution < -0.4 is 0 Å². The van der Waals surface area contributed by atoms with Crippen molar-refractivity contribution >= 4 is 0 Å². The number of hydrogen-bond acceptors (Lipinski definition) is 2. The molecular formula is C15H29NO. The van der Waals surface area contributed by atoms with Crippen LogP contribution in [-0.2, 0) is 0 Å². The standard InChI is InChI=1S/C15H29NO/c1-2-3-4-5-7-10-15(17)11-13-16-12-8-6-9-14(15)16/h14,17H,2-13H2,1H3. The van der Waals surface area contributed by atoms with Crippen LogP contribution in [-0.4, -0.2) is 34.7 Å². The van der Waals surface area contributed by atoms with Crippen molar-refractivity contribution < 1.29 is 5.11 Å². The molecule has 0 saturated carbocycles. The Labute approximate surface area is 106 Å². The minimum atomic E-state index is -0.341. The molecule has 2 nitrogen and oxygen atoms in total. The predicted octanol–water partition coefficient (Wildman–Crippen LogP) is 3.34. The van der Waals surface area contributed by atoms with Gasteiger partial charge in [-0.15, -0.1) is 0 Å². The van der Waals surface area contributed by atoms with Crippen molar-refractivity contribution in [1.29, 1.82) is 0 Å². The highest BCUT2D eigenvalue weighted by molar-refractivity contribution is 5.00. The largest absolute Gasteiger partial charge is 0.388 e. The summed E-state index contributed by atoms with van der Waals surface area (Å²) in [5.41, 5.74) is -0.341. The Morgan fingerprint density at radius 1 is 1.12 bits per heavy atom. The Morgan fingerprint density at radius 2 is 1.94 bits per heavy atom. The Bertz CT molecular complexity index is 231. The normalized spacial score (nSPS) is 33.9. The molecule has 2 atom stereocenters. The summed E-state index contributed by atoms with van der Waals surface area (Å²) in [6.45, 7) is 4.61. The first-order chi connectivity index (χ1) is 8.26. The van der Waals surface area contributed by atoms with Crippen LogP contribution in [0.3, 0.4) is 0 Å². The molecule has 2 rings (SSSR count). The Morgan fingerprint density at radius 3 is 2.76 bits per heavy atom. The quantitative estimate of drug-likeness (QED) is 0.719. The third-order valence-corrected chi connectivity index (χ3v) is 4.78. The lowest BCUT2D eigenvalue weighted by Gasteiger charge is -2.37. The van der Waals surface area contributed by atoms with Gasteiger partial charge >= 0.3 is 0 Å². The predicted molar refractivity (Wildman–Crippen MR) is 72.2 cm³/mol. The molecule has 2 fully saturated rings. The van der Waals surface area contributed by atoms with Crippen molar-refractivity contribution in [3.05, 3.63) is 0 Å². The first-order valence-electron chi connectivity index (χ1n) is 7.73. The second kappa shape index (κ2) is 6.19. The summed E-state index contributed by atoms with van der Waals surface area (Å²) in [7, 11) is 0. The Balaban J connectivity index is 1.74. The molecule has 2 saturated heterocycles. The Kier molecular flexibility index (Phi) is 4.87. The van der Waals surface area contributed by atoms with Gasteiger partial charge in [-0.05, 0) is 32.2 Å². The molecule has 0 bridgehead atoms. The molecule has 2 heterocycles. The zero-order chi connectivity index (χ0) is 12.1. The van der Waals surface area contributed by atoms with E-state index in [0.717, 1.165) is 19.4 Å². The van der Waals surface area contributed by atoms with Crippen molar-refractivity contribution in [1.82, 2.24) is 4.90 Å². The zero-order valence-electron chi connectivity index (χ0n) is 11.5. The van der Waals surface area contributed by atoms with Gasteiger partial charge in [-0.25, -0.2) is 0 Å². The smallest absolute Gasteiger partial charge is 0.0814 e. The molecule has 0 aromatic carbocycles. The number of fused-ring (bicyclic) bond motifs is 1. The molecule has 0 aromatic rings. The van der Waals surface area contributed by atoms with Gasteiger partial charge in [-0.3, -0.25) is 4.90 Å². The van der Waals surface area contributed by atoms with Crippen LogP contribution in [0.2, 0.25) is 0 Å².